The summed E-state index contributed by atoms with van der Waals surface area (Å²) in [6, 6.07) is 5.27. The van der Waals surface area contributed by atoms with Gasteiger partial charge < -0.3 is 9.94 Å². The number of carbonyl (C=O) groups is 1. The lowest BCUT2D eigenvalue weighted by molar-refractivity contribution is 0.0600. The Morgan fingerprint density at radius 3 is 2.93 bits per heavy atom. The van der Waals surface area contributed by atoms with Crippen molar-refractivity contribution in [3.63, 3.8) is 0 Å². The van der Waals surface area contributed by atoms with Crippen molar-refractivity contribution in [2.24, 2.45) is 5.16 Å². The molecular formula is C11H11NO3. The molecule has 0 bridgehead atoms. The SMILES string of the molecule is COC(=O)c1ccc2c(c1)CC/C2=N/O. The number of oxime groups is 1. The van der Waals surface area contributed by atoms with Gasteiger partial charge in [0.2, 0.25) is 0 Å². The monoisotopic (exact) mass is 205 g/mol. The summed E-state index contributed by atoms with van der Waals surface area (Å²) in [7, 11) is 1.36. The number of rotatable bonds is 1. The number of nitrogens with zero attached hydrogens (tertiary/aromatic N) is 1. The number of carbonyl (C=O) groups excluding carboxylic acids is 1. The highest BCUT2D eigenvalue weighted by Crippen LogP contribution is 2.23. The summed E-state index contributed by atoms with van der Waals surface area (Å²) >= 11 is 0. The highest BCUT2D eigenvalue weighted by atomic mass is 16.5. The third-order valence-electron chi connectivity index (χ3n) is 2.59. The molecule has 1 N–H and O–H groups in total. The minimum atomic E-state index is -0.341. The lowest BCUT2D eigenvalue weighted by atomic mass is 10.1. The normalized spacial score (nSPS) is 16.5. The molecule has 0 aromatic heterocycles. The summed E-state index contributed by atoms with van der Waals surface area (Å²) in [5.74, 6) is -0.341. The van der Waals surface area contributed by atoms with Crippen LogP contribution in [0.15, 0.2) is 23.4 Å². The molecule has 0 saturated heterocycles. The van der Waals surface area contributed by atoms with Crippen LogP contribution in [0.1, 0.15) is 27.9 Å². The van der Waals surface area contributed by atoms with Gasteiger partial charge in [-0.1, -0.05) is 11.2 Å². The molecule has 1 aromatic carbocycles. The molecule has 78 valence electrons. The molecule has 0 radical (unpaired) electrons. The van der Waals surface area contributed by atoms with E-state index in [9.17, 15) is 4.79 Å². The van der Waals surface area contributed by atoms with Gasteiger partial charge in [0.05, 0.1) is 18.4 Å². The Bertz CT molecular complexity index is 437. The second-order valence-electron chi connectivity index (χ2n) is 3.41. The molecule has 1 aromatic rings. The first-order valence-corrected chi connectivity index (χ1v) is 4.69. The summed E-state index contributed by atoms with van der Waals surface area (Å²) in [6.45, 7) is 0. The minimum absolute atomic E-state index is 0.341. The molecule has 0 aliphatic heterocycles. The molecule has 0 heterocycles. The maximum Gasteiger partial charge on any atom is 0.337 e. The van der Waals surface area contributed by atoms with Gasteiger partial charge in [0.15, 0.2) is 0 Å². The second kappa shape index (κ2) is 3.73. The Hall–Kier alpha value is -1.84. The molecule has 4 heteroatoms. The maximum atomic E-state index is 11.3. The number of ether oxygens (including phenoxy) is 1. The molecule has 1 aliphatic rings. The number of methoxy groups -OCH3 is 1. The van der Waals surface area contributed by atoms with Crippen molar-refractivity contribution in [3.05, 3.63) is 34.9 Å². The van der Waals surface area contributed by atoms with E-state index in [0.717, 1.165) is 24.0 Å². The van der Waals surface area contributed by atoms with Crippen LogP contribution in [0.2, 0.25) is 0 Å². The van der Waals surface area contributed by atoms with E-state index in [1.807, 2.05) is 0 Å². The molecule has 0 saturated carbocycles. The van der Waals surface area contributed by atoms with Crippen molar-refractivity contribution in [3.8, 4) is 0 Å². The lowest BCUT2D eigenvalue weighted by Crippen LogP contribution is -2.02. The van der Waals surface area contributed by atoms with Gasteiger partial charge in [0.1, 0.15) is 0 Å². The van der Waals surface area contributed by atoms with Gasteiger partial charge >= 0.3 is 5.97 Å². The van der Waals surface area contributed by atoms with Crippen LogP contribution in [0, 0.1) is 0 Å². The van der Waals surface area contributed by atoms with Crippen LogP contribution in [0.4, 0.5) is 0 Å². The zero-order chi connectivity index (χ0) is 10.8. The Balaban J connectivity index is 2.41. The van der Waals surface area contributed by atoms with E-state index in [1.54, 1.807) is 18.2 Å². The maximum absolute atomic E-state index is 11.3. The van der Waals surface area contributed by atoms with Gasteiger partial charge in [0, 0.05) is 5.56 Å². The third kappa shape index (κ3) is 1.58. The molecule has 2 rings (SSSR count). The first-order chi connectivity index (χ1) is 7.26. The second-order valence-corrected chi connectivity index (χ2v) is 3.41. The fourth-order valence-corrected chi connectivity index (χ4v) is 1.82. The third-order valence-corrected chi connectivity index (χ3v) is 2.59. The fourth-order valence-electron chi connectivity index (χ4n) is 1.82. The molecular weight excluding hydrogens is 194 g/mol. The highest BCUT2D eigenvalue weighted by Gasteiger charge is 2.19. The molecule has 0 amide bonds. The van der Waals surface area contributed by atoms with E-state index in [-0.39, 0.29) is 5.97 Å². The van der Waals surface area contributed by atoms with Crippen molar-refractivity contribution in [2.75, 3.05) is 7.11 Å². The van der Waals surface area contributed by atoms with Crippen molar-refractivity contribution < 1.29 is 14.7 Å². The van der Waals surface area contributed by atoms with Gasteiger partial charge in [-0.3, -0.25) is 0 Å². The summed E-state index contributed by atoms with van der Waals surface area (Å²) in [5.41, 5.74) is 3.17. The van der Waals surface area contributed by atoms with E-state index in [4.69, 9.17) is 5.21 Å². The zero-order valence-corrected chi connectivity index (χ0v) is 8.36. The predicted octanol–water partition coefficient (Wildman–Crippen LogP) is 1.60. The molecule has 4 nitrogen and oxygen atoms in total. The number of benzene rings is 1. The predicted molar refractivity (Wildman–Crippen MR) is 54.4 cm³/mol. The van der Waals surface area contributed by atoms with E-state index < -0.39 is 0 Å². The molecule has 0 fully saturated rings. The smallest absolute Gasteiger partial charge is 0.337 e. The van der Waals surface area contributed by atoms with Gasteiger partial charge in [-0.25, -0.2) is 4.79 Å². The average molecular weight is 205 g/mol. The first kappa shape index (κ1) is 9.71. The largest absolute Gasteiger partial charge is 0.465 e. The first-order valence-electron chi connectivity index (χ1n) is 4.69. The topological polar surface area (TPSA) is 58.9 Å². The van der Waals surface area contributed by atoms with Crippen LogP contribution in [0.5, 0.6) is 0 Å². The van der Waals surface area contributed by atoms with E-state index in [2.05, 4.69) is 9.89 Å². The minimum Gasteiger partial charge on any atom is -0.465 e. The van der Waals surface area contributed by atoms with Gasteiger partial charge in [0.25, 0.3) is 0 Å². The van der Waals surface area contributed by atoms with Crippen LogP contribution in [-0.2, 0) is 11.2 Å². The summed E-state index contributed by atoms with van der Waals surface area (Å²) in [5, 5.41) is 12.0. The van der Waals surface area contributed by atoms with E-state index in [0.29, 0.717) is 11.3 Å². The van der Waals surface area contributed by atoms with Gasteiger partial charge in [-0.2, -0.15) is 0 Å². The molecule has 0 atom stereocenters. The molecule has 0 spiro atoms. The summed E-state index contributed by atoms with van der Waals surface area (Å²) in [4.78, 5) is 11.3. The van der Waals surface area contributed by atoms with Gasteiger partial charge in [-0.05, 0) is 30.5 Å². The average Bonchev–Trinajstić information content (AvgIpc) is 2.69. The lowest BCUT2D eigenvalue weighted by Gasteiger charge is -2.02. The number of esters is 1. The van der Waals surface area contributed by atoms with Crippen molar-refractivity contribution in [1.29, 1.82) is 0 Å². The number of hydrogen-bond donors (Lipinski definition) is 1. The molecule has 0 unspecified atom stereocenters. The van der Waals surface area contributed by atoms with E-state index >= 15 is 0 Å². The standard InChI is InChI=1S/C11H11NO3/c1-15-11(13)8-2-4-9-7(6-8)3-5-10(9)12-14/h2,4,6,14H,3,5H2,1H3/b12-10-. The Morgan fingerprint density at radius 2 is 2.27 bits per heavy atom. The van der Waals surface area contributed by atoms with Crippen LogP contribution in [0.3, 0.4) is 0 Å². The Labute approximate surface area is 87.2 Å². The van der Waals surface area contributed by atoms with Gasteiger partial charge in [-0.15, -0.1) is 0 Å². The van der Waals surface area contributed by atoms with E-state index in [1.165, 1.54) is 7.11 Å². The van der Waals surface area contributed by atoms with Crippen LogP contribution in [0.25, 0.3) is 0 Å². The van der Waals surface area contributed by atoms with Crippen molar-refractivity contribution >= 4 is 11.7 Å². The Kier molecular flexibility index (Phi) is 2.41. The molecule has 1 aliphatic carbocycles. The number of aryl methyl sites for hydroxylation is 1. The van der Waals surface area contributed by atoms with Crippen LogP contribution >= 0.6 is 0 Å². The van der Waals surface area contributed by atoms with Crippen molar-refractivity contribution in [2.45, 2.75) is 12.8 Å². The highest BCUT2D eigenvalue weighted by molar-refractivity contribution is 6.05. The zero-order valence-electron chi connectivity index (χ0n) is 8.36. The number of hydrogen-bond acceptors (Lipinski definition) is 4. The quantitative estimate of drug-likeness (QED) is 0.430. The number of fused-ring (bicyclic) bond motifs is 1. The fraction of sp³-hybridized carbons (Fsp3) is 0.273. The van der Waals surface area contributed by atoms with Crippen molar-refractivity contribution in [1.82, 2.24) is 0 Å². The Morgan fingerprint density at radius 1 is 1.47 bits per heavy atom. The van der Waals surface area contributed by atoms with Crippen LogP contribution < -0.4 is 0 Å². The van der Waals surface area contributed by atoms with Crippen LogP contribution in [-0.4, -0.2) is 24.0 Å². The molecule has 15 heavy (non-hydrogen) atoms. The summed E-state index contributed by atoms with van der Waals surface area (Å²) in [6.07, 6.45) is 1.52. The summed E-state index contributed by atoms with van der Waals surface area (Å²) < 4.78 is 4.63.